The fourth-order valence-corrected chi connectivity index (χ4v) is 3.04. The van der Waals surface area contributed by atoms with E-state index in [1.807, 2.05) is 0 Å². The van der Waals surface area contributed by atoms with E-state index < -0.39 is 51.3 Å². The van der Waals surface area contributed by atoms with Gasteiger partial charge in [0.1, 0.15) is 11.5 Å². The van der Waals surface area contributed by atoms with Gasteiger partial charge in [0, 0.05) is 4.47 Å². The van der Waals surface area contributed by atoms with Gasteiger partial charge >= 0.3 is 5.97 Å². The maximum Gasteiger partial charge on any atom is 0.338 e. The fraction of sp³-hybridized carbons (Fsp3) is 0.300. The third-order valence-corrected chi connectivity index (χ3v) is 4.13. The number of carboxylic acids is 1. The number of sulfonamides is 1. The van der Waals surface area contributed by atoms with Gasteiger partial charge in [-0.3, -0.25) is 0 Å². The maximum absolute atomic E-state index is 13.8. The minimum Gasteiger partial charge on any atom is -0.478 e. The van der Waals surface area contributed by atoms with Crippen LogP contribution in [0.1, 0.15) is 10.4 Å². The van der Waals surface area contributed by atoms with Crippen molar-refractivity contribution in [2.45, 2.75) is 10.8 Å². The molecule has 0 bridgehead atoms. The highest BCUT2D eigenvalue weighted by molar-refractivity contribution is 9.10. The summed E-state index contributed by atoms with van der Waals surface area (Å²) in [6, 6.07) is 1.57. The summed E-state index contributed by atoms with van der Waals surface area (Å²) in [5, 5.41) is 17.1. The summed E-state index contributed by atoms with van der Waals surface area (Å²) < 4.78 is 64.3. The van der Waals surface area contributed by atoms with Gasteiger partial charge in [-0.1, -0.05) is 15.9 Å². The van der Waals surface area contributed by atoms with Crippen molar-refractivity contribution in [3.8, 4) is 0 Å². The third kappa shape index (κ3) is 4.40. The van der Waals surface area contributed by atoms with Crippen molar-refractivity contribution in [2.24, 2.45) is 0 Å². The Kier molecular flexibility index (Phi) is 5.36. The Morgan fingerprint density at radius 2 is 1.95 bits per heavy atom. The van der Waals surface area contributed by atoms with Crippen molar-refractivity contribution in [3.05, 3.63) is 28.0 Å². The molecule has 0 fully saturated rings. The molecule has 3 N–H and O–H groups in total. The number of alkyl halides is 2. The number of nitrogens with one attached hydrogen (secondary N) is 1. The van der Waals surface area contributed by atoms with Gasteiger partial charge in [0.15, 0.2) is 5.82 Å². The minimum atomic E-state index is -4.72. The molecule has 0 aliphatic carbocycles. The Labute approximate surface area is 125 Å². The number of halogens is 4. The molecule has 0 radical (unpaired) electrons. The number of benzene rings is 1. The highest BCUT2D eigenvalue weighted by Gasteiger charge is 2.32. The first-order chi connectivity index (χ1) is 9.50. The van der Waals surface area contributed by atoms with E-state index in [4.69, 9.17) is 10.2 Å². The first-order valence-electron chi connectivity index (χ1n) is 5.21. The number of carbonyl (C=O) groups is 1. The second kappa shape index (κ2) is 6.30. The highest BCUT2D eigenvalue weighted by atomic mass is 79.9. The van der Waals surface area contributed by atoms with E-state index in [9.17, 15) is 26.4 Å². The summed E-state index contributed by atoms with van der Waals surface area (Å²) in [4.78, 5) is 9.69. The standard InChI is InChI=1S/C10H9BrF3NO5S/c11-5-1-6(9(17)18)8(12)7(2-5)21(19,20)15-3-10(13,14)4-16/h1-2,15-16H,3-4H2,(H,17,18). The first kappa shape index (κ1) is 17.9. The topological polar surface area (TPSA) is 104 Å². The van der Waals surface area contributed by atoms with Gasteiger partial charge in [0.2, 0.25) is 10.0 Å². The van der Waals surface area contributed by atoms with Crippen LogP contribution in [-0.4, -0.2) is 43.7 Å². The Hall–Kier alpha value is -1.17. The number of hydrogen-bond acceptors (Lipinski definition) is 4. The summed E-state index contributed by atoms with van der Waals surface area (Å²) in [7, 11) is -4.72. The Morgan fingerprint density at radius 3 is 2.43 bits per heavy atom. The number of hydrogen-bond donors (Lipinski definition) is 3. The van der Waals surface area contributed by atoms with E-state index in [0.717, 1.165) is 12.1 Å². The van der Waals surface area contributed by atoms with Crippen LogP contribution in [0.15, 0.2) is 21.5 Å². The third-order valence-electron chi connectivity index (χ3n) is 2.28. The lowest BCUT2D eigenvalue weighted by atomic mass is 10.2. The molecule has 1 aromatic rings. The molecule has 0 aliphatic heterocycles. The van der Waals surface area contributed by atoms with Crippen LogP contribution in [0.2, 0.25) is 0 Å². The number of aromatic carboxylic acids is 1. The average Bonchev–Trinajstić information content (AvgIpc) is 2.38. The van der Waals surface area contributed by atoms with Gasteiger partial charge in [-0.15, -0.1) is 0 Å². The predicted molar refractivity (Wildman–Crippen MR) is 68.3 cm³/mol. The Bertz CT molecular complexity index is 665. The van der Waals surface area contributed by atoms with Crippen LogP contribution in [0, 0.1) is 5.82 Å². The van der Waals surface area contributed by atoms with E-state index in [-0.39, 0.29) is 4.47 Å². The number of aliphatic hydroxyl groups is 1. The van der Waals surface area contributed by atoms with Crippen molar-refractivity contribution in [2.75, 3.05) is 13.2 Å². The second-order valence-electron chi connectivity index (χ2n) is 3.91. The summed E-state index contributed by atoms with van der Waals surface area (Å²) >= 11 is 2.80. The van der Waals surface area contributed by atoms with E-state index >= 15 is 0 Å². The number of aliphatic hydroxyl groups excluding tert-OH is 1. The Balaban J connectivity index is 3.23. The summed E-state index contributed by atoms with van der Waals surface area (Å²) in [5.41, 5.74) is -0.932. The molecule has 6 nitrogen and oxygen atoms in total. The normalized spacial score (nSPS) is 12.4. The van der Waals surface area contributed by atoms with Gasteiger partial charge in [-0.2, -0.15) is 0 Å². The van der Waals surface area contributed by atoms with Crippen molar-refractivity contribution in [1.82, 2.24) is 4.72 Å². The zero-order chi connectivity index (χ0) is 16.4. The smallest absolute Gasteiger partial charge is 0.338 e. The molecule has 21 heavy (non-hydrogen) atoms. The van der Waals surface area contributed by atoms with Crippen LogP contribution in [0.3, 0.4) is 0 Å². The maximum atomic E-state index is 13.8. The molecule has 0 heterocycles. The molecule has 0 aliphatic rings. The predicted octanol–water partition coefficient (Wildman–Crippen LogP) is 1.19. The summed E-state index contributed by atoms with van der Waals surface area (Å²) in [5.74, 6) is -7.03. The fourth-order valence-electron chi connectivity index (χ4n) is 1.25. The van der Waals surface area contributed by atoms with Gasteiger partial charge in [-0.05, 0) is 12.1 Å². The molecule has 0 saturated heterocycles. The summed E-state index contributed by atoms with van der Waals surface area (Å²) in [6.45, 7) is -3.06. The Morgan fingerprint density at radius 1 is 1.38 bits per heavy atom. The zero-order valence-corrected chi connectivity index (χ0v) is 12.5. The van der Waals surface area contributed by atoms with Crippen molar-refractivity contribution in [3.63, 3.8) is 0 Å². The molecule has 0 saturated carbocycles. The van der Waals surface area contributed by atoms with Crippen LogP contribution in [0.4, 0.5) is 13.2 Å². The van der Waals surface area contributed by atoms with Crippen LogP contribution in [-0.2, 0) is 10.0 Å². The lowest BCUT2D eigenvalue weighted by molar-refractivity contribution is -0.0437. The quantitative estimate of drug-likeness (QED) is 0.675. The molecule has 0 unspecified atom stereocenters. The van der Waals surface area contributed by atoms with Crippen LogP contribution >= 0.6 is 15.9 Å². The minimum absolute atomic E-state index is 0.0596. The van der Waals surface area contributed by atoms with Crippen molar-refractivity contribution < 1.29 is 36.6 Å². The molecule has 1 rings (SSSR count). The summed E-state index contributed by atoms with van der Waals surface area (Å²) in [6.07, 6.45) is 0. The van der Waals surface area contributed by atoms with Crippen molar-refractivity contribution >= 4 is 31.9 Å². The van der Waals surface area contributed by atoms with Gasteiger partial charge in [-0.25, -0.2) is 31.1 Å². The van der Waals surface area contributed by atoms with Crippen LogP contribution < -0.4 is 4.72 Å². The monoisotopic (exact) mass is 391 g/mol. The average molecular weight is 392 g/mol. The molecule has 1 aromatic carbocycles. The number of carboxylic acid groups (broad SMARTS) is 1. The molecule has 118 valence electrons. The molecule has 0 atom stereocenters. The molecular weight excluding hydrogens is 383 g/mol. The highest BCUT2D eigenvalue weighted by Crippen LogP contribution is 2.24. The van der Waals surface area contributed by atoms with Gasteiger partial charge in [0.05, 0.1) is 12.1 Å². The molecule has 0 amide bonds. The SMILES string of the molecule is O=C(O)c1cc(Br)cc(S(=O)(=O)NCC(F)(F)CO)c1F. The van der Waals surface area contributed by atoms with E-state index in [1.54, 1.807) is 0 Å². The second-order valence-corrected chi connectivity index (χ2v) is 6.56. The van der Waals surface area contributed by atoms with E-state index in [0.29, 0.717) is 0 Å². The van der Waals surface area contributed by atoms with Gasteiger partial charge < -0.3 is 10.2 Å². The van der Waals surface area contributed by atoms with E-state index in [1.165, 1.54) is 4.72 Å². The molecular formula is C10H9BrF3NO5S. The molecule has 0 aromatic heterocycles. The zero-order valence-electron chi connectivity index (χ0n) is 10.1. The lowest BCUT2D eigenvalue weighted by Crippen LogP contribution is -2.39. The van der Waals surface area contributed by atoms with Crippen molar-refractivity contribution in [1.29, 1.82) is 0 Å². The largest absolute Gasteiger partial charge is 0.478 e. The number of rotatable bonds is 6. The van der Waals surface area contributed by atoms with Crippen LogP contribution in [0.5, 0.6) is 0 Å². The molecule has 11 heteroatoms. The van der Waals surface area contributed by atoms with Crippen LogP contribution in [0.25, 0.3) is 0 Å². The van der Waals surface area contributed by atoms with Gasteiger partial charge in [0.25, 0.3) is 5.92 Å². The lowest BCUT2D eigenvalue weighted by Gasteiger charge is -2.15. The molecule has 0 spiro atoms. The first-order valence-corrected chi connectivity index (χ1v) is 7.48. The van der Waals surface area contributed by atoms with E-state index in [2.05, 4.69) is 15.9 Å².